The van der Waals surface area contributed by atoms with Crippen LogP contribution in [0.1, 0.15) is 60.8 Å². The van der Waals surface area contributed by atoms with Crippen LogP contribution < -0.4 is 21.7 Å². The summed E-state index contributed by atoms with van der Waals surface area (Å²) in [6.07, 6.45) is 1.31. The second-order valence-electron chi connectivity index (χ2n) is 8.87. The SMILES string of the molecule is CCC(C)C(N)C(=O)NC(CC(C)C)C(=O)NC(CC(C)C)C(=O)NC(CO)C(=O)O. The van der Waals surface area contributed by atoms with Crippen molar-refractivity contribution in [1.29, 1.82) is 0 Å². The van der Waals surface area contributed by atoms with E-state index in [2.05, 4.69) is 16.0 Å². The first-order valence-electron chi connectivity index (χ1n) is 10.8. The summed E-state index contributed by atoms with van der Waals surface area (Å²) >= 11 is 0. The Balaban J connectivity index is 5.45. The summed E-state index contributed by atoms with van der Waals surface area (Å²) in [5, 5.41) is 25.7. The summed E-state index contributed by atoms with van der Waals surface area (Å²) in [7, 11) is 0. The molecule has 0 fully saturated rings. The van der Waals surface area contributed by atoms with Gasteiger partial charge in [0.2, 0.25) is 17.7 Å². The zero-order chi connectivity index (χ0) is 24.3. The topological polar surface area (TPSA) is 171 Å². The maximum atomic E-state index is 12.9. The van der Waals surface area contributed by atoms with Crippen LogP contribution >= 0.6 is 0 Å². The molecule has 5 unspecified atom stereocenters. The zero-order valence-corrected chi connectivity index (χ0v) is 19.5. The van der Waals surface area contributed by atoms with Gasteiger partial charge < -0.3 is 31.9 Å². The van der Waals surface area contributed by atoms with Crippen molar-refractivity contribution in [3.05, 3.63) is 0 Å². The van der Waals surface area contributed by atoms with Crippen molar-refractivity contribution in [2.75, 3.05) is 6.61 Å². The van der Waals surface area contributed by atoms with Gasteiger partial charge in [0, 0.05) is 0 Å². The normalized spacial score (nSPS) is 16.2. The monoisotopic (exact) mass is 444 g/mol. The highest BCUT2D eigenvalue weighted by atomic mass is 16.4. The van der Waals surface area contributed by atoms with Crippen LogP contribution in [0, 0.1) is 17.8 Å². The van der Waals surface area contributed by atoms with Crippen LogP contribution in [-0.4, -0.2) is 64.7 Å². The summed E-state index contributed by atoms with van der Waals surface area (Å²) in [6, 6.07) is -4.14. The van der Waals surface area contributed by atoms with Crippen molar-refractivity contribution < 1.29 is 29.4 Å². The Morgan fingerprint density at radius 2 is 1.16 bits per heavy atom. The number of rotatable bonds is 14. The minimum absolute atomic E-state index is 0.0189. The molecule has 0 aromatic heterocycles. The van der Waals surface area contributed by atoms with E-state index in [0.717, 1.165) is 0 Å². The van der Waals surface area contributed by atoms with Crippen molar-refractivity contribution in [1.82, 2.24) is 16.0 Å². The molecule has 0 aromatic rings. The number of carbonyl (C=O) groups is 4. The van der Waals surface area contributed by atoms with Crippen molar-refractivity contribution in [3.8, 4) is 0 Å². The van der Waals surface area contributed by atoms with E-state index in [1.165, 1.54) is 0 Å². The molecular formula is C21H40N4O6. The number of amides is 3. The van der Waals surface area contributed by atoms with Crippen LogP contribution in [0.3, 0.4) is 0 Å². The molecule has 0 saturated heterocycles. The number of aliphatic hydroxyl groups excluding tert-OH is 1. The first-order chi connectivity index (χ1) is 14.3. The fourth-order valence-corrected chi connectivity index (χ4v) is 2.92. The van der Waals surface area contributed by atoms with Crippen LogP contribution in [0.5, 0.6) is 0 Å². The molecule has 0 saturated carbocycles. The third-order valence-electron chi connectivity index (χ3n) is 5.04. The molecule has 0 spiro atoms. The number of carboxylic acids is 1. The first-order valence-corrected chi connectivity index (χ1v) is 10.8. The third-order valence-corrected chi connectivity index (χ3v) is 5.04. The van der Waals surface area contributed by atoms with Gasteiger partial charge in [-0.2, -0.15) is 0 Å². The Bertz CT molecular complexity index is 611. The molecule has 7 N–H and O–H groups in total. The first kappa shape index (κ1) is 28.8. The van der Waals surface area contributed by atoms with Gasteiger partial charge in [0.05, 0.1) is 12.6 Å². The van der Waals surface area contributed by atoms with E-state index in [0.29, 0.717) is 12.8 Å². The molecule has 180 valence electrons. The molecular weight excluding hydrogens is 404 g/mol. The summed E-state index contributed by atoms with van der Waals surface area (Å²) in [5.74, 6) is -3.04. The molecule has 0 heterocycles. The van der Waals surface area contributed by atoms with Crippen LogP contribution in [0.2, 0.25) is 0 Å². The van der Waals surface area contributed by atoms with E-state index in [9.17, 15) is 19.2 Å². The third kappa shape index (κ3) is 10.6. The van der Waals surface area contributed by atoms with Gasteiger partial charge in [-0.15, -0.1) is 0 Å². The summed E-state index contributed by atoms with van der Waals surface area (Å²) < 4.78 is 0. The maximum Gasteiger partial charge on any atom is 0.328 e. The summed E-state index contributed by atoms with van der Waals surface area (Å²) in [6.45, 7) is 10.5. The lowest BCUT2D eigenvalue weighted by molar-refractivity contribution is -0.143. The number of nitrogens with one attached hydrogen (secondary N) is 3. The summed E-state index contributed by atoms with van der Waals surface area (Å²) in [4.78, 5) is 49.1. The van der Waals surface area contributed by atoms with Crippen molar-refractivity contribution in [2.45, 2.75) is 85.0 Å². The second-order valence-corrected chi connectivity index (χ2v) is 8.87. The standard InChI is InChI=1S/C21H40N4O6/c1-7-13(6)17(22)20(29)24-15(9-12(4)5)18(27)23-14(8-11(2)3)19(28)25-16(10-26)21(30)31/h11-17,26H,7-10,22H2,1-6H3,(H,23,27)(H,24,29)(H,25,28)(H,30,31). The van der Waals surface area contributed by atoms with E-state index in [-0.39, 0.29) is 24.2 Å². The average Bonchev–Trinajstić information content (AvgIpc) is 2.68. The number of carboxylic acid groups (broad SMARTS) is 1. The van der Waals surface area contributed by atoms with Gasteiger partial charge >= 0.3 is 5.97 Å². The number of carbonyl (C=O) groups excluding carboxylic acids is 3. The Hall–Kier alpha value is -2.20. The van der Waals surface area contributed by atoms with Crippen LogP contribution in [0.25, 0.3) is 0 Å². The number of hydrogen-bond acceptors (Lipinski definition) is 6. The molecule has 5 atom stereocenters. The van der Waals surface area contributed by atoms with Crippen molar-refractivity contribution >= 4 is 23.7 Å². The average molecular weight is 445 g/mol. The van der Waals surface area contributed by atoms with Gasteiger partial charge in [-0.3, -0.25) is 14.4 Å². The molecule has 10 heteroatoms. The van der Waals surface area contributed by atoms with Gasteiger partial charge in [-0.05, 0) is 30.6 Å². The number of aliphatic carboxylic acids is 1. The molecule has 0 aliphatic rings. The smallest absolute Gasteiger partial charge is 0.328 e. The Morgan fingerprint density at radius 3 is 1.48 bits per heavy atom. The van der Waals surface area contributed by atoms with E-state index in [1.807, 2.05) is 41.5 Å². The Kier molecular flexibility index (Phi) is 13.0. The molecule has 0 aromatic carbocycles. The molecule has 0 aliphatic heterocycles. The Morgan fingerprint density at radius 1 is 0.774 bits per heavy atom. The molecule has 10 nitrogen and oxygen atoms in total. The quantitative estimate of drug-likeness (QED) is 0.219. The van der Waals surface area contributed by atoms with Gasteiger partial charge in [0.15, 0.2) is 0 Å². The fraction of sp³-hybridized carbons (Fsp3) is 0.810. The van der Waals surface area contributed by atoms with Gasteiger partial charge in [0.25, 0.3) is 0 Å². The van der Waals surface area contributed by atoms with Crippen molar-refractivity contribution in [2.24, 2.45) is 23.5 Å². The van der Waals surface area contributed by atoms with Crippen LogP contribution in [-0.2, 0) is 19.2 Å². The number of nitrogens with two attached hydrogens (primary N) is 1. The molecule has 0 aliphatic carbocycles. The minimum Gasteiger partial charge on any atom is -0.480 e. The van der Waals surface area contributed by atoms with Crippen LogP contribution in [0.15, 0.2) is 0 Å². The predicted molar refractivity (Wildman–Crippen MR) is 117 cm³/mol. The van der Waals surface area contributed by atoms with E-state index in [4.69, 9.17) is 15.9 Å². The molecule has 0 radical (unpaired) electrons. The minimum atomic E-state index is -1.47. The fourth-order valence-electron chi connectivity index (χ4n) is 2.92. The highest BCUT2D eigenvalue weighted by molar-refractivity contribution is 5.94. The molecule has 31 heavy (non-hydrogen) atoms. The molecule has 0 rings (SSSR count). The largest absolute Gasteiger partial charge is 0.480 e. The highest BCUT2D eigenvalue weighted by Crippen LogP contribution is 2.11. The number of hydrogen-bond donors (Lipinski definition) is 6. The van der Waals surface area contributed by atoms with Gasteiger partial charge in [-0.25, -0.2) is 4.79 Å². The molecule has 0 bridgehead atoms. The maximum absolute atomic E-state index is 12.9. The summed E-state index contributed by atoms with van der Waals surface area (Å²) in [5.41, 5.74) is 5.98. The zero-order valence-electron chi connectivity index (χ0n) is 19.5. The van der Waals surface area contributed by atoms with Gasteiger partial charge in [-0.1, -0.05) is 48.0 Å². The van der Waals surface area contributed by atoms with Crippen LogP contribution in [0.4, 0.5) is 0 Å². The highest BCUT2D eigenvalue weighted by Gasteiger charge is 2.31. The van der Waals surface area contributed by atoms with E-state index >= 15 is 0 Å². The van der Waals surface area contributed by atoms with Crippen molar-refractivity contribution in [3.63, 3.8) is 0 Å². The van der Waals surface area contributed by atoms with Gasteiger partial charge in [0.1, 0.15) is 18.1 Å². The predicted octanol–water partition coefficient (Wildman–Crippen LogP) is -0.0167. The van der Waals surface area contributed by atoms with E-state index in [1.54, 1.807) is 0 Å². The Labute approximate surface area is 184 Å². The molecule has 3 amide bonds. The lowest BCUT2D eigenvalue weighted by Gasteiger charge is -2.27. The lowest BCUT2D eigenvalue weighted by atomic mass is 9.97. The second kappa shape index (κ2) is 14.0. The lowest BCUT2D eigenvalue weighted by Crippen LogP contribution is -2.58. The van der Waals surface area contributed by atoms with E-state index < -0.39 is 54.5 Å². The number of aliphatic hydroxyl groups is 1.